The summed E-state index contributed by atoms with van der Waals surface area (Å²) in [6.07, 6.45) is 0. The molecule has 0 aromatic heterocycles. The van der Waals surface area contributed by atoms with Crippen molar-refractivity contribution in [3.63, 3.8) is 0 Å². The second-order valence-corrected chi connectivity index (χ2v) is 5.84. The van der Waals surface area contributed by atoms with Crippen molar-refractivity contribution in [1.29, 1.82) is 0 Å². The standard InChI is InChI=1S/C15H24BrN3/c1-3-17-12-13-5-6-15(14(16)11-13)19-9-7-18(4-2)8-10-19/h5-6,11,17H,3-4,7-10,12H2,1-2H3. The van der Waals surface area contributed by atoms with Gasteiger partial charge in [-0.2, -0.15) is 0 Å². The van der Waals surface area contributed by atoms with Gasteiger partial charge in [0.05, 0.1) is 5.69 Å². The highest BCUT2D eigenvalue weighted by atomic mass is 79.9. The van der Waals surface area contributed by atoms with Crippen molar-refractivity contribution < 1.29 is 0 Å². The Bertz CT molecular complexity index is 400. The molecule has 0 amide bonds. The number of piperazine rings is 1. The molecule has 0 radical (unpaired) electrons. The Labute approximate surface area is 125 Å². The first kappa shape index (κ1) is 14.8. The molecular weight excluding hydrogens is 302 g/mol. The average Bonchev–Trinajstić information content (AvgIpc) is 2.45. The summed E-state index contributed by atoms with van der Waals surface area (Å²) in [6.45, 7) is 12.1. The molecule has 1 aromatic rings. The summed E-state index contributed by atoms with van der Waals surface area (Å²) in [7, 11) is 0. The highest BCUT2D eigenvalue weighted by Gasteiger charge is 2.17. The minimum Gasteiger partial charge on any atom is -0.368 e. The second-order valence-electron chi connectivity index (χ2n) is 4.99. The summed E-state index contributed by atoms with van der Waals surface area (Å²) in [5.74, 6) is 0. The summed E-state index contributed by atoms with van der Waals surface area (Å²) in [5, 5.41) is 3.36. The van der Waals surface area contributed by atoms with Crippen LogP contribution in [0.15, 0.2) is 22.7 Å². The van der Waals surface area contributed by atoms with Crippen LogP contribution in [0.5, 0.6) is 0 Å². The van der Waals surface area contributed by atoms with Crippen LogP contribution in [0, 0.1) is 0 Å². The van der Waals surface area contributed by atoms with Crippen LogP contribution < -0.4 is 10.2 Å². The Balaban J connectivity index is 2.01. The number of halogens is 1. The summed E-state index contributed by atoms with van der Waals surface area (Å²) >= 11 is 3.72. The summed E-state index contributed by atoms with van der Waals surface area (Å²) in [6, 6.07) is 6.72. The first-order chi connectivity index (χ1) is 9.24. The minimum atomic E-state index is 0.943. The van der Waals surface area contributed by atoms with Crippen LogP contribution >= 0.6 is 15.9 Å². The summed E-state index contributed by atoms with van der Waals surface area (Å²) in [5.41, 5.74) is 2.67. The van der Waals surface area contributed by atoms with Gasteiger partial charge < -0.3 is 15.1 Å². The first-order valence-corrected chi connectivity index (χ1v) is 8.00. The normalized spacial score (nSPS) is 16.9. The molecule has 0 saturated carbocycles. The molecule has 1 fully saturated rings. The highest BCUT2D eigenvalue weighted by Crippen LogP contribution is 2.28. The van der Waals surface area contributed by atoms with Gasteiger partial charge in [-0.1, -0.05) is 19.9 Å². The zero-order valence-electron chi connectivity index (χ0n) is 12.0. The molecule has 4 heteroatoms. The van der Waals surface area contributed by atoms with E-state index in [9.17, 15) is 0 Å². The third-order valence-corrected chi connectivity index (χ3v) is 4.39. The van der Waals surface area contributed by atoms with E-state index in [1.807, 2.05) is 0 Å². The molecule has 1 saturated heterocycles. The van der Waals surface area contributed by atoms with Crippen LogP contribution in [0.4, 0.5) is 5.69 Å². The highest BCUT2D eigenvalue weighted by molar-refractivity contribution is 9.10. The lowest BCUT2D eigenvalue weighted by Crippen LogP contribution is -2.46. The third kappa shape index (κ3) is 3.94. The molecule has 1 aliphatic rings. The molecule has 0 atom stereocenters. The molecule has 3 nitrogen and oxygen atoms in total. The number of hydrogen-bond acceptors (Lipinski definition) is 3. The lowest BCUT2D eigenvalue weighted by Gasteiger charge is -2.36. The summed E-state index contributed by atoms with van der Waals surface area (Å²) < 4.78 is 1.22. The van der Waals surface area contributed by atoms with Crippen molar-refractivity contribution in [3.8, 4) is 0 Å². The number of hydrogen-bond donors (Lipinski definition) is 1. The van der Waals surface area contributed by atoms with E-state index in [0.29, 0.717) is 0 Å². The fraction of sp³-hybridized carbons (Fsp3) is 0.600. The Kier molecular flexibility index (Phi) is 5.67. The van der Waals surface area contributed by atoms with Crippen LogP contribution in [-0.4, -0.2) is 44.2 Å². The van der Waals surface area contributed by atoms with E-state index in [-0.39, 0.29) is 0 Å². The van der Waals surface area contributed by atoms with E-state index in [4.69, 9.17) is 0 Å². The molecule has 0 bridgehead atoms. The Morgan fingerprint density at radius 2 is 1.89 bits per heavy atom. The van der Waals surface area contributed by atoms with Gasteiger partial charge in [0.25, 0.3) is 0 Å². The Hall–Kier alpha value is -0.580. The van der Waals surface area contributed by atoms with Crippen molar-refractivity contribution in [2.45, 2.75) is 20.4 Å². The lowest BCUT2D eigenvalue weighted by atomic mass is 10.1. The van der Waals surface area contributed by atoms with E-state index in [1.54, 1.807) is 0 Å². The van der Waals surface area contributed by atoms with Crippen LogP contribution in [0.2, 0.25) is 0 Å². The van der Waals surface area contributed by atoms with Gasteiger partial charge in [0.15, 0.2) is 0 Å². The van der Waals surface area contributed by atoms with Gasteiger partial charge in [-0.25, -0.2) is 0 Å². The molecule has 1 N–H and O–H groups in total. The van der Waals surface area contributed by atoms with Crippen LogP contribution in [0.3, 0.4) is 0 Å². The fourth-order valence-electron chi connectivity index (χ4n) is 2.49. The van der Waals surface area contributed by atoms with Crippen molar-refractivity contribution in [2.75, 3.05) is 44.2 Å². The van der Waals surface area contributed by atoms with Gasteiger partial charge in [0.1, 0.15) is 0 Å². The third-order valence-electron chi connectivity index (χ3n) is 3.75. The molecule has 1 heterocycles. The number of benzene rings is 1. The topological polar surface area (TPSA) is 18.5 Å². The number of likely N-dealkylation sites (N-methyl/N-ethyl adjacent to an activating group) is 1. The van der Waals surface area contributed by atoms with Gasteiger partial charge in [0.2, 0.25) is 0 Å². The fourth-order valence-corrected chi connectivity index (χ4v) is 3.17. The van der Waals surface area contributed by atoms with Crippen LogP contribution in [0.25, 0.3) is 0 Å². The Morgan fingerprint density at radius 1 is 1.16 bits per heavy atom. The van der Waals surface area contributed by atoms with Crippen molar-refractivity contribution in [1.82, 2.24) is 10.2 Å². The maximum absolute atomic E-state index is 3.72. The van der Waals surface area contributed by atoms with E-state index in [0.717, 1.165) is 32.7 Å². The number of anilines is 1. The van der Waals surface area contributed by atoms with Crippen molar-refractivity contribution in [2.24, 2.45) is 0 Å². The number of nitrogens with zero attached hydrogens (tertiary/aromatic N) is 2. The maximum Gasteiger partial charge on any atom is 0.0511 e. The van der Waals surface area contributed by atoms with Crippen LogP contribution in [-0.2, 0) is 6.54 Å². The smallest absolute Gasteiger partial charge is 0.0511 e. The monoisotopic (exact) mass is 325 g/mol. The molecule has 19 heavy (non-hydrogen) atoms. The number of rotatable bonds is 5. The molecule has 0 spiro atoms. The second kappa shape index (κ2) is 7.27. The zero-order chi connectivity index (χ0) is 13.7. The average molecular weight is 326 g/mol. The predicted molar refractivity (Wildman–Crippen MR) is 85.8 cm³/mol. The first-order valence-electron chi connectivity index (χ1n) is 7.21. The molecule has 0 unspecified atom stereocenters. The summed E-state index contributed by atoms with van der Waals surface area (Å²) in [4.78, 5) is 4.98. The van der Waals surface area contributed by atoms with Gasteiger partial charge in [0, 0.05) is 37.2 Å². The van der Waals surface area contributed by atoms with Crippen molar-refractivity contribution >= 4 is 21.6 Å². The lowest BCUT2D eigenvalue weighted by molar-refractivity contribution is 0.271. The van der Waals surface area contributed by atoms with Gasteiger partial charge in [-0.3, -0.25) is 0 Å². The minimum absolute atomic E-state index is 0.943. The Morgan fingerprint density at radius 3 is 2.47 bits per heavy atom. The molecule has 106 valence electrons. The molecule has 1 aliphatic heterocycles. The van der Waals surface area contributed by atoms with Crippen LogP contribution in [0.1, 0.15) is 19.4 Å². The van der Waals surface area contributed by atoms with E-state index >= 15 is 0 Å². The molecular formula is C15H24BrN3. The largest absolute Gasteiger partial charge is 0.368 e. The number of nitrogens with one attached hydrogen (secondary N) is 1. The van der Waals surface area contributed by atoms with Gasteiger partial charge >= 0.3 is 0 Å². The van der Waals surface area contributed by atoms with Gasteiger partial charge in [-0.05, 0) is 46.7 Å². The molecule has 0 aliphatic carbocycles. The maximum atomic E-state index is 3.72. The predicted octanol–water partition coefficient (Wildman–Crippen LogP) is 2.70. The van der Waals surface area contributed by atoms with E-state index in [2.05, 4.69) is 63.1 Å². The molecule has 2 rings (SSSR count). The zero-order valence-corrected chi connectivity index (χ0v) is 13.5. The van der Waals surface area contributed by atoms with Gasteiger partial charge in [-0.15, -0.1) is 0 Å². The molecule has 1 aromatic carbocycles. The quantitative estimate of drug-likeness (QED) is 0.898. The van der Waals surface area contributed by atoms with E-state index < -0.39 is 0 Å². The van der Waals surface area contributed by atoms with E-state index in [1.165, 1.54) is 28.8 Å². The SMILES string of the molecule is CCNCc1ccc(N2CCN(CC)CC2)c(Br)c1. The van der Waals surface area contributed by atoms with Crippen molar-refractivity contribution in [3.05, 3.63) is 28.2 Å².